The molecule has 0 spiro atoms. The number of amides is 1. The van der Waals surface area contributed by atoms with Crippen LogP contribution in [0.1, 0.15) is 30.6 Å². The van der Waals surface area contributed by atoms with Crippen molar-refractivity contribution in [1.29, 1.82) is 0 Å². The average molecular weight is 486 g/mol. The third-order valence-corrected chi connectivity index (χ3v) is 6.93. The quantitative estimate of drug-likeness (QED) is 0.489. The number of fused-ring (bicyclic) bond motifs is 2. The van der Waals surface area contributed by atoms with Crippen LogP contribution in [0.2, 0.25) is 5.02 Å². The number of carbonyl (C=O) groups is 1. The summed E-state index contributed by atoms with van der Waals surface area (Å²) in [5.41, 5.74) is 2.48. The minimum Gasteiger partial charge on any atom is -0.383 e. The van der Waals surface area contributed by atoms with Crippen molar-refractivity contribution in [3.05, 3.63) is 59.2 Å². The lowest BCUT2D eigenvalue weighted by atomic mass is 10.1. The molecule has 0 unspecified atom stereocenters. The van der Waals surface area contributed by atoms with Crippen LogP contribution >= 0.6 is 11.6 Å². The van der Waals surface area contributed by atoms with Crippen molar-refractivity contribution in [2.45, 2.75) is 25.2 Å². The summed E-state index contributed by atoms with van der Waals surface area (Å²) >= 11 is 6.03. The molecule has 0 saturated heterocycles. The molecule has 1 aliphatic heterocycles. The summed E-state index contributed by atoms with van der Waals surface area (Å²) in [7, 11) is -3.84. The molecule has 0 fully saturated rings. The van der Waals surface area contributed by atoms with Gasteiger partial charge < -0.3 is 15.5 Å². The Labute approximate surface area is 197 Å². The van der Waals surface area contributed by atoms with Crippen LogP contribution in [-0.2, 0) is 10.0 Å². The molecule has 33 heavy (non-hydrogen) atoms. The molecule has 0 atom stereocenters. The van der Waals surface area contributed by atoms with Crippen molar-refractivity contribution in [3.63, 3.8) is 0 Å². The number of halogens is 1. The summed E-state index contributed by atoms with van der Waals surface area (Å²) < 4.78 is 29.0. The minimum atomic E-state index is -3.84. The van der Waals surface area contributed by atoms with E-state index >= 15 is 0 Å². The minimum absolute atomic E-state index is 0.0502. The van der Waals surface area contributed by atoms with E-state index in [0.29, 0.717) is 36.2 Å². The molecule has 4 rings (SSSR count). The van der Waals surface area contributed by atoms with E-state index in [0.717, 1.165) is 23.0 Å². The van der Waals surface area contributed by atoms with Crippen LogP contribution in [0.15, 0.2) is 58.0 Å². The number of nitrogens with one attached hydrogen (secondary N) is 2. The predicted molar refractivity (Wildman–Crippen MR) is 132 cm³/mol. The summed E-state index contributed by atoms with van der Waals surface area (Å²) in [5, 5.41) is 7.65. The molecule has 8 nitrogen and oxygen atoms in total. The molecule has 0 radical (unpaired) electrons. The second-order valence-corrected chi connectivity index (χ2v) is 9.66. The topological polar surface area (TPSA) is 104 Å². The Balaban J connectivity index is 1.43. The van der Waals surface area contributed by atoms with Crippen molar-refractivity contribution in [2.75, 3.05) is 29.9 Å². The molecule has 0 saturated carbocycles. The number of nitrogens with zero attached hydrogens (tertiary/aromatic N) is 3. The van der Waals surface area contributed by atoms with Gasteiger partial charge in [0.2, 0.25) is 0 Å². The highest BCUT2D eigenvalue weighted by molar-refractivity contribution is 7.90. The SMILES string of the molecule is CCCN1C(C)=NS(=O)(=O)c2cc(C(=O)NCCNc3ccnc4cc(Cl)ccc34)ccc21. The van der Waals surface area contributed by atoms with Crippen molar-refractivity contribution in [2.24, 2.45) is 4.40 Å². The number of aromatic nitrogens is 1. The Morgan fingerprint density at radius 3 is 2.73 bits per heavy atom. The molecule has 3 aromatic rings. The normalized spacial score (nSPS) is 14.5. The first-order valence-corrected chi connectivity index (χ1v) is 12.4. The highest BCUT2D eigenvalue weighted by Crippen LogP contribution is 2.32. The molecule has 10 heteroatoms. The lowest BCUT2D eigenvalue weighted by molar-refractivity contribution is 0.0955. The second-order valence-electron chi connectivity index (χ2n) is 7.65. The summed E-state index contributed by atoms with van der Waals surface area (Å²) in [5.74, 6) is 0.0769. The first kappa shape index (κ1) is 23.0. The first-order chi connectivity index (χ1) is 15.8. The Morgan fingerprint density at radius 2 is 1.94 bits per heavy atom. The number of pyridine rings is 1. The van der Waals surface area contributed by atoms with Crippen LogP contribution in [0.3, 0.4) is 0 Å². The average Bonchev–Trinajstić information content (AvgIpc) is 2.78. The van der Waals surface area contributed by atoms with Crippen LogP contribution in [-0.4, -0.2) is 44.8 Å². The van der Waals surface area contributed by atoms with Gasteiger partial charge in [0.15, 0.2) is 0 Å². The van der Waals surface area contributed by atoms with Gasteiger partial charge in [-0.2, -0.15) is 8.42 Å². The number of sulfonamides is 1. The highest BCUT2D eigenvalue weighted by atomic mass is 35.5. The van der Waals surface area contributed by atoms with E-state index in [4.69, 9.17) is 11.6 Å². The van der Waals surface area contributed by atoms with E-state index in [1.54, 1.807) is 37.4 Å². The molecular formula is C23H24ClN5O3S. The predicted octanol–water partition coefficient (Wildman–Crippen LogP) is 4.07. The Morgan fingerprint density at radius 1 is 1.12 bits per heavy atom. The Hall–Kier alpha value is -3.17. The van der Waals surface area contributed by atoms with E-state index in [9.17, 15) is 13.2 Å². The third-order valence-electron chi connectivity index (χ3n) is 5.31. The van der Waals surface area contributed by atoms with E-state index in [1.807, 2.05) is 24.0 Å². The molecule has 1 aliphatic rings. The fourth-order valence-electron chi connectivity index (χ4n) is 3.79. The zero-order chi connectivity index (χ0) is 23.6. The molecule has 1 aromatic heterocycles. The number of hydrogen-bond acceptors (Lipinski definition) is 6. The third kappa shape index (κ3) is 4.79. The zero-order valence-electron chi connectivity index (χ0n) is 18.3. The largest absolute Gasteiger partial charge is 0.383 e. The fourth-order valence-corrected chi connectivity index (χ4v) is 5.22. The molecule has 0 aliphatic carbocycles. The Kier molecular flexibility index (Phi) is 6.53. The van der Waals surface area contributed by atoms with Gasteiger partial charge in [-0.15, -0.1) is 4.40 Å². The van der Waals surface area contributed by atoms with Crippen molar-refractivity contribution < 1.29 is 13.2 Å². The maximum atomic E-state index is 12.7. The van der Waals surface area contributed by atoms with Gasteiger partial charge in [-0.25, -0.2) is 0 Å². The zero-order valence-corrected chi connectivity index (χ0v) is 19.9. The van der Waals surface area contributed by atoms with Crippen LogP contribution in [0.5, 0.6) is 0 Å². The van der Waals surface area contributed by atoms with E-state index in [2.05, 4.69) is 20.0 Å². The maximum absolute atomic E-state index is 12.7. The number of anilines is 2. The van der Waals surface area contributed by atoms with Gasteiger partial charge in [0, 0.05) is 47.5 Å². The Bertz CT molecular complexity index is 1360. The molecule has 2 aromatic carbocycles. The van der Waals surface area contributed by atoms with Gasteiger partial charge in [-0.1, -0.05) is 18.5 Å². The van der Waals surface area contributed by atoms with Gasteiger partial charge in [-0.05, 0) is 55.8 Å². The van der Waals surface area contributed by atoms with Crippen LogP contribution in [0, 0.1) is 0 Å². The van der Waals surface area contributed by atoms with Gasteiger partial charge >= 0.3 is 0 Å². The van der Waals surface area contributed by atoms with Crippen molar-refractivity contribution >= 4 is 55.6 Å². The van der Waals surface area contributed by atoms with Crippen molar-refractivity contribution in [1.82, 2.24) is 10.3 Å². The molecule has 2 heterocycles. The number of rotatable bonds is 7. The van der Waals surface area contributed by atoms with Gasteiger partial charge in [0.05, 0.1) is 11.2 Å². The smallest absolute Gasteiger partial charge is 0.286 e. The monoisotopic (exact) mass is 485 g/mol. The molecular weight excluding hydrogens is 462 g/mol. The summed E-state index contributed by atoms with van der Waals surface area (Å²) in [6, 6.07) is 12.0. The summed E-state index contributed by atoms with van der Waals surface area (Å²) in [6.07, 6.45) is 2.53. The van der Waals surface area contributed by atoms with Crippen LogP contribution in [0.25, 0.3) is 10.9 Å². The van der Waals surface area contributed by atoms with Crippen LogP contribution in [0.4, 0.5) is 11.4 Å². The van der Waals surface area contributed by atoms with E-state index in [-0.39, 0.29) is 16.4 Å². The molecule has 172 valence electrons. The molecule has 0 bridgehead atoms. The molecule has 2 N–H and O–H groups in total. The first-order valence-electron chi connectivity index (χ1n) is 10.6. The van der Waals surface area contributed by atoms with Gasteiger partial charge in [0.1, 0.15) is 10.7 Å². The van der Waals surface area contributed by atoms with E-state index in [1.165, 1.54) is 6.07 Å². The number of amidine groups is 1. The van der Waals surface area contributed by atoms with Crippen LogP contribution < -0.4 is 15.5 Å². The lowest BCUT2D eigenvalue weighted by Gasteiger charge is -2.29. The molecule has 1 amide bonds. The second kappa shape index (κ2) is 9.36. The number of benzene rings is 2. The van der Waals surface area contributed by atoms with Crippen molar-refractivity contribution in [3.8, 4) is 0 Å². The fraction of sp³-hybridized carbons (Fsp3) is 0.261. The van der Waals surface area contributed by atoms with Gasteiger partial charge in [-0.3, -0.25) is 9.78 Å². The lowest BCUT2D eigenvalue weighted by Crippen LogP contribution is -2.35. The highest BCUT2D eigenvalue weighted by Gasteiger charge is 2.29. The number of carbonyl (C=O) groups excluding carboxylic acids is 1. The summed E-state index contributed by atoms with van der Waals surface area (Å²) in [4.78, 5) is 18.9. The maximum Gasteiger partial charge on any atom is 0.286 e. The van der Waals surface area contributed by atoms with E-state index < -0.39 is 10.0 Å². The summed E-state index contributed by atoms with van der Waals surface area (Å²) in [6.45, 7) is 5.15. The van der Waals surface area contributed by atoms with Gasteiger partial charge in [0.25, 0.3) is 15.9 Å². The number of hydrogen-bond donors (Lipinski definition) is 2. The standard InChI is InChI=1S/C23H24ClN5O3S/c1-3-12-29-15(2)28-33(31,32)22-13-16(4-7-21(22)29)23(30)27-11-10-26-19-8-9-25-20-14-17(24)5-6-18(19)20/h4-9,13-14H,3,10-12H2,1-2H3,(H,25,26)(H,27,30).